The normalized spacial score (nSPS) is 12.3. The number of aliphatic hydroxyl groups excluding tert-OH is 1. The van der Waals surface area contributed by atoms with Crippen molar-refractivity contribution in [1.82, 2.24) is 0 Å². The average Bonchev–Trinajstić information content (AvgIpc) is 2.43. The molecule has 2 rings (SSSR count). The van der Waals surface area contributed by atoms with Gasteiger partial charge in [-0.25, -0.2) is 0 Å². The molecule has 0 fully saturated rings. The molecule has 0 spiro atoms. The molecule has 2 N–H and O–H groups in total. The van der Waals surface area contributed by atoms with Crippen LogP contribution in [0.15, 0.2) is 53.4 Å². The molecule has 2 nitrogen and oxygen atoms in total. The molecule has 0 saturated heterocycles. The van der Waals surface area contributed by atoms with E-state index in [1.807, 2.05) is 30.3 Å². The fourth-order valence-electron chi connectivity index (χ4n) is 1.75. The molecular weight excluding hydrogens is 280 g/mol. The monoisotopic (exact) mass is 294 g/mol. The molecule has 0 aliphatic heterocycles. The third-order valence-electron chi connectivity index (χ3n) is 2.71. The van der Waals surface area contributed by atoms with Gasteiger partial charge in [0.15, 0.2) is 0 Å². The van der Waals surface area contributed by atoms with Gasteiger partial charge >= 0.3 is 0 Å². The van der Waals surface area contributed by atoms with Crippen LogP contribution in [0.3, 0.4) is 0 Å². The van der Waals surface area contributed by atoms with E-state index in [1.54, 1.807) is 30.0 Å². The summed E-state index contributed by atoms with van der Waals surface area (Å²) in [4.78, 5) is 1.12. The van der Waals surface area contributed by atoms with Gasteiger partial charge in [-0.1, -0.05) is 41.9 Å². The summed E-state index contributed by atoms with van der Waals surface area (Å²) >= 11 is 7.43. The summed E-state index contributed by atoms with van der Waals surface area (Å²) in [5.41, 5.74) is 0.675. The molecule has 0 aliphatic carbocycles. The summed E-state index contributed by atoms with van der Waals surface area (Å²) < 4.78 is 0. The second kappa shape index (κ2) is 6.85. The third kappa shape index (κ3) is 4.16. The Bertz CT molecular complexity index is 531. The van der Waals surface area contributed by atoms with Crippen molar-refractivity contribution in [2.75, 3.05) is 5.75 Å². The van der Waals surface area contributed by atoms with Gasteiger partial charge in [-0.15, -0.1) is 11.8 Å². The predicted molar refractivity (Wildman–Crippen MR) is 80.0 cm³/mol. The molecule has 19 heavy (non-hydrogen) atoms. The van der Waals surface area contributed by atoms with E-state index < -0.39 is 6.10 Å². The van der Waals surface area contributed by atoms with Crippen LogP contribution < -0.4 is 0 Å². The van der Waals surface area contributed by atoms with Crippen molar-refractivity contribution in [3.8, 4) is 5.75 Å². The Labute approximate surface area is 122 Å². The van der Waals surface area contributed by atoms with Crippen molar-refractivity contribution in [1.29, 1.82) is 0 Å². The van der Waals surface area contributed by atoms with Gasteiger partial charge in [0.05, 0.1) is 11.1 Å². The molecule has 2 aromatic rings. The fraction of sp³-hybridized carbons (Fsp3) is 0.200. The first-order valence-corrected chi connectivity index (χ1v) is 7.35. The molecule has 0 heterocycles. The van der Waals surface area contributed by atoms with Crippen LogP contribution in [0.1, 0.15) is 5.56 Å². The van der Waals surface area contributed by atoms with Gasteiger partial charge in [-0.05, 0) is 23.8 Å². The maximum Gasteiger partial charge on any atom is 0.137 e. The first-order chi connectivity index (χ1) is 9.16. The maximum atomic E-state index is 10.0. The first-order valence-electron chi connectivity index (χ1n) is 5.99. The highest BCUT2D eigenvalue weighted by Gasteiger charge is 2.11. The molecule has 0 amide bonds. The second-order valence-electron chi connectivity index (χ2n) is 4.23. The predicted octanol–water partition coefficient (Wildman–Crippen LogP) is 3.74. The number of rotatable bonds is 5. The number of aliphatic hydroxyl groups is 1. The minimum atomic E-state index is -0.519. The highest BCUT2D eigenvalue weighted by Crippen LogP contribution is 2.28. The van der Waals surface area contributed by atoms with Crippen LogP contribution in [-0.4, -0.2) is 22.1 Å². The lowest BCUT2D eigenvalue weighted by atomic mass is 10.1. The Hall–Kier alpha value is -1.16. The quantitative estimate of drug-likeness (QED) is 0.825. The van der Waals surface area contributed by atoms with Gasteiger partial charge in [0.2, 0.25) is 0 Å². The summed E-state index contributed by atoms with van der Waals surface area (Å²) in [7, 11) is 0. The largest absolute Gasteiger partial charge is 0.506 e. The number of benzene rings is 2. The van der Waals surface area contributed by atoms with E-state index in [-0.39, 0.29) is 5.75 Å². The van der Waals surface area contributed by atoms with E-state index in [2.05, 4.69) is 0 Å². The smallest absolute Gasteiger partial charge is 0.137 e. The lowest BCUT2D eigenvalue weighted by Crippen LogP contribution is -2.13. The number of phenols is 1. The van der Waals surface area contributed by atoms with E-state index in [1.165, 1.54) is 0 Å². The maximum absolute atomic E-state index is 10.0. The molecule has 1 atom stereocenters. The minimum Gasteiger partial charge on any atom is -0.506 e. The summed E-state index contributed by atoms with van der Waals surface area (Å²) in [5, 5.41) is 20.1. The fourth-order valence-corrected chi connectivity index (χ4v) is 2.79. The van der Waals surface area contributed by atoms with Crippen molar-refractivity contribution in [2.45, 2.75) is 17.4 Å². The number of aromatic hydroxyl groups is 1. The lowest BCUT2D eigenvalue weighted by Gasteiger charge is -2.12. The van der Waals surface area contributed by atoms with Crippen LogP contribution in [0.2, 0.25) is 5.02 Å². The molecule has 0 radical (unpaired) electrons. The first kappa shape index (κ1) is 14.3. The van der Waals surface area contributed by atoms with E-state index in [9.17, 15) is 10.2 Å². The summed E-state index contributed by atoms with van der Waals surface area (Å²) in [5.74, 6) is 0.642. The van der Waals surface area contributed by atoms with Gasteiger partial charge in [0, 0.05) is 17.1 Å². The summed E-state index contributed by atoms with van der Waals surface area (Å²) in [6.07, 6.45) is -0.124. The van der Waals surface area contributed by atoms with Crippen LogP contribution in [-0.2, 0) is 6.42 Å². The van der Waals surface area contributed by atoms with Gasteiger partial charge < -0.3 is 10.2 Å². The zero-order valence-corrected chi connectivity index (χ0v) is 11.9. The molecule has 100 valence electrons. The zero-order valence-electron chi connectivity index (χ0n) is 10.3. The minimum absolute atomic E-state index is 0.0629. The SMILES string of the molecule is Oc1c(Cl)cccc1CC(O)CSc1ccccc1. The number of para-hydroxylation sites is 1. The van der Waals surface area contributed by atoms with Crippen LogP contribution >= 0.6 is 23.4 Å². The molecule has 0 saturated carbocycles. The third-order valence-corrected chi connectivity index (χ3v) is 4.17. The number of hydrogen-bond donors (Lipinski definition) is 2. The van der Waals surface area contributed by atoms with Crippen molar-refractivity contribution in [3.63, 3.8) is 0 Å². The molecule has 0 bridgehead atoms. The molecular formula is C15H15ClO2S. The van der Waals surface area contributed by atoms with Gasteiger partial charge in [-0.2, -0.15) is 0 Å². The topological polar surface area (TPSA) is 40.5 Å². The Morgan fingerprint density at radius 3 is 2.53 bits per heavy atom. The number of halogens is 1. The molecule has 1 unspecified atom stereocenters. The van der Waals surface area contributed by atoms with E-state index in [4.69, 9.17) is 11.6 Å². The highest BCUT2D eigenvalue weighted by atomic mass is 35.5. The number of thioether (sulfide) groups is 1. The van der Waals surface area contributed by atoms with Crippen molar-refractivity contribution >= 4 is 23.4 Å². The number of phenolic OH excluding ortho intramolecular Hbond substituents is 1. The molecule has 2 aromatic carbocycles. The van der Waals surface area contributed by atoms with Crippen LogP contribution in [0, 0.1) is 0 Å². The van der Waals surface area contributed by atoms with Crippen LogP contribution in [0.25, 0.3) is 0 Å². The van der Waals surface area contributed by atoms with Crippen molar-refractivity contribution < 1.29 is 10.2 Å². The Morgan fingerprint density at radius 1 is 1.05 bits per heavy atom. The Morgan fingerprint density at radius 2 is 1.79 bits per heavy atom. The summed E-state index contributed by atoms with van der Waals surface area (Å²) in [6, 6.07) is 15.1. The van der Waals surface area contributed by atoms with Gasteiger partial charge in [-0.3, -0.25) is 0 Å². The standard InChI is InChI=1S/C15H15ClO2S/c16-14-8-4-5-11(15(14)18)9-12(17)10-19-13-6-2-1-3-7-13/h1-8,12,17-18H,9-10H2. The molecule has 0 aromatic heterocycles. The van der Waals surface area contributed by atoms with E-state index in [0.717, 1.165) is 4.90 Å². The Kier molecular flexibility index (Phi) is 5.14. The molecule has 0 aliphatic rings. The van der Waals surface area contributed by atoms with Crippen LogP contribution in [0.5, 0.6) is 5.75 Å². The lowest BCUT2D eigenvalue weighted by molar-refractivity contribution is 0.199. The van der Waals surface area contributed by atoms with Crippen LogP contribution in [0.4, 0.5) is 0 Å². The van der Waals surface area contributed by atoms with E-state index in [0.29, 0.717) is 22.8 Å². The van der Waals surface area contributed by atoms with Gasteiger partial charge in [0.1, 0.15) is 5.75 Å². The summed E-state index contributed by atoms with van der Waals surface area (Å²) in [6.45, 7) is 0. The second-order valence-corrected chi connectivity index (χ2v) is 5.73. The number of hydrogen-bond acceptors (Lipinski definition) is 3. The van der Waals surface area contributed by atoms with Gasteiger partial charge in [0.25, 0.3) is 0 Å². The van der Waals surface area contributed by atoms with E-state index >= 15 is 0 Å². The Balaban J connectivity index is 1.91. The van der Waals surface area contributed by atoms with Crippen molar-refractivity contribution in [3.05, 3.63) is 59.1 Å². The zero-order chi connectivity index (χ0) is 13.7. The average molecular weight is 295 g/mol. The van der Waals surface area contributed by atoms with Crippen molar-refractivity contribution in [2.24, 2.45) is 0 Å². The molecule has 4 heteroatoms. The highest BCUT2D eigenvalue weighted by molar-refractivity contribution is 7.99.